The van der Waals surface area contributed by atoms with Crippen molar-refractivity contribution in [3.63, 3.8) is 0 Å². The van der Waals surface area contributed by atoms with Crippen LogP contribution in [0, 0.1) is 0 Å². The number of hydrogen-bond acceptors (Lipinski definition) is 5. The van der Waals surface area contributed by atoms with E-state index in [1.807, 2.05) is 25.1 Å². The Morgan fingerprint density at radius 1 is 1.31 bits per heavy atom. The molecule has 1 atom stereocenters. The minimum Gasteiger partial charge on any atom is -0.494 e. The molecule has 5 nitrogen and oxygen atoms in total. The molecule has 1 aromatic carbocycles. The van der Waals surface area contributed by atoms with E-state index >= 15 is 0 Å². The highest BCUT2D eigenvalue weighted by Crippen LogP contribution is 2.27. The molecule has 16 heavy (non-hydrogen) atoms. The number of fused-ring (bicyclic) bond motifs is 1. The lowest BCUT2D eigenvalue weighted by Crippen LogP contribution is -2.11. The van der Waals surface area contributed by atoms with Crippen molar-refractivity contribution in [2.45, 2.75) is 13.0 Å². The SMILES string of the molecule is COc1cccc2c(N)nc(C(C)N)nc12. The topological polar surface area (TPSA) is 87.0 Å². The Hall–Kier alpha value is -1.88. The second-order valence-electron chi connectivity index (χ2n) is 3.61. The number of anilines is 1. The quantitative estimate of drug-likeness (QED) is 0.791. The number of nitrogens with zero attached hydrogens (tertiary/aromatic N) is 2. The molecule has 0 spiro atoms. The summed E-state index contributed by atoms with van der Waals surface area (Å²) in [7, 11) is 1.60. The average Bonchev–Trinajstić information content (AvgIpc) is 2.28. The van der Waals surface area contributed by atoms with Crippen molar-refractivity contribution in [2.75, 3.05) is 12.8 Å². The Labute approximate surface area is 93.4 Å². The van der Waals surface area contributed by atoms with Crippen LogP contribution in [0.5, 0.6) is 5.75 Å². The van der Waals surface area contributed by atoms with Crippen LogP contribution in [0.25, 0.3) is 10.9 Å². The van der Waals surface area contributed by atoms with Crippen LogP contribution in [0.4, 0.5) is 5.82 Å². The number of methoxy groups -OCH3 is 1. The third-order valence-corrected chi connectivity index (χ3v) is 2.36. The van der Waals surface area contributed by atoms with Gasteiger partial charge >= 0.3 is 0 Å². The summed E-state index contributed by atoms with van der Waals surface area (Å²) in [5, 5.41) is 0.781. The number of rotatable bonds is 2. The number of benzene rings is 1. The number of ether oxygens (including phenoxy) is 1. The maximum absolute atomic E-state index is 5.86. The van der Waals surface area contributed by atoms with Crippen LogP contribution in [-0.2, 0) is 0 Å². The Kier molecular flexibility index (Phi) is 2.62. The lowest BCUT2D eigenvalue weighted by molar-refractivity contribution is 0.418. The standard InChI is InChI=1S/C11H14N4O/c1-6(12)11-14-9-7(10(13)15-11)4-3-5-8(9)16-2/h3-6H,12H2,1-2H3,(H2,13,14,15). The van der Waals surface area contributed by atoms with Crippen LogP contribution < -0.4 is 16.2 Å². The average molecular weight is 218 g/mol. The molecule has 2 aromatic rings. The van der Waals surface area contributed by atoms with Gasteiger partial charge in [0.15, 0.2) is 0 Å². The molecule has 0 fully saturated rings. The zero-order chi connectivity index (χ0) is 11.7. The number of nitrogen functional groups attached to an aromatic ring is 1. The fraction of sp³-hybridized carbons (Fsp3) is 0.273. The monoisotopic (exact) mass is 218 g/mol. The van der Waals surface area contributed by atoms with E-state index in [2.05, 4.69) is 9.97 Å². The van der Waals surface area contributed by atoms with Crippen LogP contribution in [0.15, 0.2) is 18.2 Å². The van der Waals surface area contributed by atoms with E-state index < -0.39 is 0 Å². The summed E-state index contributed by atoms with van der Waals surface area (Å²) < 4.78 is 5.23. The van der Waals surface area contributed by atoms with E-state index in [-0.39, 0.29) is 6.04 Å². The van der Waals surface area contributed by atoms with Gasteiger partial charge in [0.2, 0.25) is 0 Å². The lowest BCUT2D eigenvalue weighted by atomic mass is 10.2. The van der Waals surface area contributed by atoms with Gasteiger partial charge in [-0.25, -0.2) is 9.97 Å². The van der Waals surface area contributed by atoms with Gasteiger partial charge in [0.05, 0.1) is 13.2 Å². The number of hydrogen-bond donors (Lipinski definition) is 2. The summed E-state index contributed by atoms with van der Waals surface area (Å²) in [4.78, 5) is 8.53. The predicted molar refractivity (Wildman–Crippen MR) is 63.1 cm³/mol. The smallest absolute Gasteiger partial charge is 0.147 e. The molecule has 0 aliphatic rings. The molecule has 0 amide bonds. The Morgan fingerprint density at radius 3 is 2.69 bits per heavy atom. The van der Waals surface area contributed by atoms with Crippen molar-refractivity contribution < 1.29 is 4.74 Å². The van der Waals surface area contributed by atoms with E-state index in [4.69, 9.17) is 16.2 Å². The highest BCUT2D eigenvalue weighted by molar-refractivity contribution is 5.92. The first kappa shape index (κ1) is 10.6. The molecule has 1 aromatic heterocycles. The molecular weight excluding hydrogens is 204 g/mol. The Balaban J connectivity index is 2.77. The first-order valence-corrected chi connectivity index (χ1v) is 4.99. The van der Waals surface area contributed by atoms with Gasteiger partial charge in [-0.3, -0.25) is 0 Å². The predicted octanol–water partition coefficient (Wildman–Crippen LogP) is 1.24. The zero-order valence-electron chi connectivity index (χ0n) is 9.27. The number of para-hydroxylation sites is 1. The normalized spacial score (nSPS) is 12.7. The summed E-state index contributed by atoms with van der Waals surface area (Å²) in [6, 6.07) is 5.29. The summed E-state index contributed by atoms with van der Waals surface area (Å²) in [5.74, 6) is 1.62. The molecule has 0 aliphatic heterocycles. The molecule has 1 heterocycles. The van der Waals surface area contributed by atoms with Gasteiger partial charge in [-0.2, -0.15) is 0 Å². The molecule has 5 heteroatoms. The molecule has 0 saturated heterocycles. The van der Waals surface area contributed by atoms with E-state index in [0.29, 0.717) is 22.9 Å². The van der Waals surface area contributed by atoms with Crippen LogP contribution >= 0.6 is 0 Å². The highest BCUT2D eigenvalue weighted by atomic mass is 16.5. The van der Waals surface area contributed by atoms with Crippen molar-refractivity contribution in [2.24, 2.45) is 5.73 Å². The van der Waals surface area contributed by atoms with Crippen LogP contribution in [0.2, 0.25) is 0 Å². The second-order valence-corrected chi connectivity index (χ2v) is 3.61. The van der Waals surface area contributed by atoms with Crippen molar-refractivity contribution >= 4 is 16.7 Å². The van der Waals surface area contributed by atoms with Gasteiger partial charge in [-0.05, 0) is 19.1 Å². The molecule has 4 N–H and O–H groups in total. The maximum atomic E-state index is 5.86. The fourth-order valence-electron chi connectivity index (χ4n) is 1.54. The molecular formula is C11H14N4O. The van der Waals surface area contributed by atoms with Gasteiger partial charge in [0, 0.05) is 5.39 Å². The molecule has 84 valence electrons. The molecule has 0 bridgehead atoms. The molecule has 1 unspecified atom stereocenters. The minimum atomic E-state index is -0.253. The molecule has 0 radical (unpaired) electrons. The van der Waals surface area contributed by atoms with E-state index in [1.165, 1.54) is 0 Å². The van der Waals surface area contributed by atoms with Gasteiger partial charge < -0.3 is 16.2 Å². The third-order valence-electron chi connectivity index (χ3n) is 2.36. The highest BCUT2D eigenvalue weighted by Gasteiger charge is 2.11. The van der Waals surface area contributed by atoms with Gasteiger partial charge in [0.1, 0.15) is 22.9 Å². The van der Waals surface area contributed by atoms with Crippen LogP contribution in [0.3, 0.4) is 0 Å². The summed E-state index contributed by atoms with van der Waals surface area (Å²) in [6.07, 6.45) is 0. The largest absolute Gasteiger partial charge is 0.494 e. The van der Waals surface area contributed by atoms with Gasteiger partial charge in [-0.15, -0.1) is 0 Å². The maximum Gasteiger partial charge on any atom is 0.147 e. The van der Waals surface area contributed by atoms with Crippen LogP contribution in [-0.4, -0.2) is 17.1 Å². The van der Waals surface area contributed by atoms with Crippen LogP contribution in [0.1, 0.15) is 18.8 Å². The van der Waals surface area contributed by atoms with Gasteiger partial charge in [0.25, 0.3) is 0 Å². The Bertz CT molecular complexity index is 525. The first-order valence-electron chi connectivity index (χ1n) is 4.99. The molecule has 0 saturated carbocycles. The summed E-state index contributed by atoms with van der Waals surface area (Å²) in [5.41, 5.74) is 12.3. The lowest BCUT2D eigenvalue weighted by Gasteiger charge is -2.10. The molecule has 0 aliphatic carbocycles. The second kappa shape index (κ2) is 3.94. The number of aromatic nitrogens is 2. The Morgan fingerprint density at radius 2 is 2.06 bits per heavy atom. The zero-order valence-corrected chi connectivity index (χ0v) is 9.27. The van der Waals surface area contributed by atoms with E-state index in [0.717, 1.165) is 5.39 Å². The third kappa shape index (κ3) is 1.65. The number of nitrogens with two attached hydrogens (primary N) is 2. The van der Waals surface area contributed by atoms with Crippen molar-refractivity contribution in [3.8, 4) is 5.75 Å². The van der Waals surface area contributed by atoms with Crippen molar-refractivity contribution in [3.05, 3.63) is 24.0 Å². The van der Waals surface area contributed by atoms with E-state index in [9.17, 15) is 0 Å². The van der Waals surface area contributed by atoms with Crippen molar-refractivity contribution in [1.82, 2.24) is 9.97 Å². The minimum absolute atomic E-state index is 0.253. The molecule has 2 rings (SSSR count). The summed E-state index contributed by atoms with van der Waals surface area (Å²) >= 11 is 0. The van der Waals surface area contributed by atoms with Gasteiger partial charge in [-0.1, -0.05) is 6.07 Å². The summed E-state index contributed by atoms with van der Waals surface area (Å²) in [6.45, 7) is 1.82. The first-order chi connectivity index (χ1) is 7.63. The fourth-order valence-corrected chi connectivity index (χ4v) is 1.54. The van der Waals surface area contributed by atoms with Crippen molar-refractivity contribution in [1.29, 1.82) is 0 Å². The van der Waals surface area contributed by atoms with E-state index in [1.54, 1.807) is 7.11 Å².